The number of rotatable bonds is 5. The highest BCUT2D eigenvalue weighted by Crippen LogP contribution is 2.48. The molecule has 3 aromatic rings. The molecule has 0 atom stereocenters. The molecule has 0 saturated heterocycles. The van der Waals surface area contributed by atoms with Gasteiger partial charge < -0.3 is 5.73 Å². The zero-order valence-electron chi connectivity index (χ0n) is 14.9. The van der Waals surface area contributed by atoms with Gasteiger partial charge in [-0.3, -0.25) is 5.41 Å². The van der Waals surface area contributed by atoms with Crippen LogP contribution in [0.1, 0.15) is 41.8 Å². The Kier molecular flexibility index (Phi) is 5.34. The summed E-state index contributed by atoms with van der Waals surface area (Å²) in [5.74, 6) is 0.117. The summed E-state index contributed by atoms with van der Waals surface area (Å²) in [4.78, 5) is 5.89. The number of amidine groups is 1. The number of hydrogen-bond acceptors (Lipinski definition) is 5. The van der Waals surface area contributed by atoms with E-state index in [0.717, 1.165) is 43.2 Å². The number of nitrogens with two attached hydrogens (primary N) is 1. The monoisotopic (exact) mass is 433 g/mol. The molecule has 0 unspecified atom stereocenters. The van der Waals surface area contributed by atoms with Gasteiger partial charge in [-0.15, -0.1) is 34.4 Å². The lowest BCUT2D eigenvalue weighted by atomic mass is 9.76. The van der Waals surface area contributed by atoms with Crippen LogP contribution in [0, 0.1) is 5.41 Å². The van der Waals surface area contributed by atoms with Gasteiger partial charge in [-0.1, -0.05) is 36.6 Å². The van der Waals surface area contributed by atoms with Crippen LogP contribution in [0.2, 0.25) is 5.02 Å². The average Bonchev–Trinajstić information content (AvgIpc) is 3.40. The summed E-state index contributed by atoms with van der Waals surface area (Å²) in [5, 5.41) is 11.7. The van der Waals surface area contributed by atoms with Crippen molar-refractivity contribution in [1.82, 2.24) is 4.98 Å². The second kappa shape index (κ2) is 7.59. The first kappa shape index (κ1) is 19.0. The van der Waals surface area contributed by atoms with Crippen molar-refractivity contribution in [2.24, 2.45) is 5.73 Å². The van der Waals surface area contributed by atoms with Gasteiger partial charge in [-0.2, -0.15) is 0 Å². The molecule has 2 aromatic heterocycles. The molecule has 1 aliphatic rings. The smallest absolute Gasteiger partial charge is 0.133 e. The molecule has 1 aromatic carbocycles. The normalized spacial score (nSPS) is 15.9. The van der Waals surface area contributed by atoms with Gasteiger partial charge in [0.25, 0.3) is 0 Å². The lowest BCUT2D eigenvalue weighted by Gasteiger charge is -2.28. The topological polar surface area (TPSA) is 62.8 Å². The zero-order chi connectivity index (χ0) is 19.0. The Bertz CT molecular complexity index is 969. The van der Waals surface area contributed by atoms with Crippen LogP contribution in [-0.4, -0.2) is 17.1 Å². The molecule has 1 fully saturated rings. The number of aromatic nitrogens is 1. The Balaban J connectivity index is 1.77. The molecule has 0 bridgehead atoms. The fourth-order valence-electron chi connectivity index (χ4n) is 3.87. The van der Waals surface area contributed by atoms with Gasteiger partial charge in [0.1, 0.15) is 10.8 Å². The Labute approximate surface area is 176 Å². The van der Waals surface area contributed by atoms with Crippen molar-refractivity contribution in [1.29, 1.82) is 5.41 Å². The third-order valence-electron chi connectivity index (χ3n) is 5.23. The van der Waals surface area contributed by atoms with E-state index in [4.69, 9.17) is 27.7 Å². The first-order valence-corrected chi connectivity index (χ1v) is 12.1. The summed E-state index contributed by atoms with van der Waals surface area (Å²) in [6.45, 7) is 0. The minimum absolute atomic E-state index is 0.0156. The highest BCUT2D eigenvalue weighted by molar-refractivity contribution is 8.00. The van der Waals surface area contributed by atoms with Crippen molar-refractivity contribution in [3.05, 3.63) is 56.9 Å². The van der Waals surface area contributed by atoms with E-state index in [9.17, 15) is 0 Å². The molecule has 2 heterocycles. The van der Waals surface area contributed by atoms with Gasteiger partial charge >= 0.3 is 0 Å². The average molecular weight is 434 g/mol. The summed E-state index contributed by atoms with van der Waals surface area (Å²) in [5.41, 5.74) is 9.24. The second-order valence-corrected chi connectivity index (χ2v) is 10.2. The van der Waals surface area contributed by atoms with E-state index in [1.807, 2.05) is 18.2 Å². The maximum absolute atomic E-state index is 7.74. The van der Waals surface area contributed by atoms with Crippen molar-refractivity contribution in [2.45, 2.75) is 35.3 Å². The van der Waals surface area contributed by atoms with Crippen LogP contribution in [-0.2, 0) is 5.41 Å². The summed E-state index contributed by atoms with van der Waals surface area (Å²) >= 11 is 11.1. The molecule has 3 N–H and O–H groups in total. The maximum atomic E-state index is 7.74. The van der Waals surface area contributed by atoms with E-state index in [1.54, 1.807) is 34.4 Å². The number of benzene rings is 1. The van der Waals surface area contributed by atoms with E-state index < -0.39 is 0 Å². The first-order valence-electron chi connectivity index (χ1n) is 8.78. The van der Waals surface area contributed by atoms with Crippen LogP contribution in [0.4, 0.5) is 0 Å². The third-order valence-corrected chi connectivity index (χ3v) is 8.66. The van der Waals surface area contributed by atoms with E-state index in [0.29, 0.717) is 0 Å². The zero-order valence-corrected chi connectivity index (χ0v) is 18.1. The number of thioether (sulfide) groups is 1. The molecule has 7 heteroatoms. The summed E-state index contributed by atoms with van der Waals surface area (Å²) in [6.07, 6.45) is 6.74. The number of halogens is 1. The fourth-order valence-corrected chi connectivity index (χ4v) is 6.79. The molecule has 4 rings (SSSR count). The largest absolute Gasteiger partial charge is 0.383 e. The van der Waals surface area contributed by atoms with Crippen molar-refractivity contribution in [2.75, 3.05) is 6.26 Å². The molecule has 0 aliphatic heterocycles. The number of nitrogen functional groups attached to an aromatic ring is 1. The second-order valence-electron chi connectivity index (χ2n) is 6.76. The van der Waals surface area contributed by atoms with Crippen molar-refractivity contribution < 1.29 is 0 Å². The molecular weight excluding hydrogens is 414 g/mol. The van der Waals surface area contributed by atoms with Crippen LogP contribution < -0.4 is 5.73 Å². The summed E-state index contributed by atoms with van der Waals surface area (Å²) in [7, 11) is 0. The molecule has 0 amide bonds. The SMILES string of the molecule is CSc1sc(C(=N)N)cc1-c1nc(C2(c3ccc(Cl)cc3)CCCC2)cs1. The summed E-state index contributed by atoms with van der Waals surface area (Å²) < 4.78 is 1.16. The Morgan fingerprint density at radius 2 is 1.96 bits per heavy atom. The molecule has 27 heavy (non-hydrogen) atoms. The van der Waals surface area contributed by atoms with E-state index in [2.05, 4.69) is 23.8 Å². The molecule has 3 nitrogen and oxygen atoms in total. The molecule has 0 radical (unpaired) electrons. The molecular formula is C20H20ClN3S3. The third kappa shape index (κ3) is 3.44. The molecule has 140 valence electrons. The standard InChI is InChI=1S/C20H20ClN3S3/c1-25-19-14(10-15(27-19)17(22)23)18-24-16(11-26-18)20(8-2-3-9-20)12-4-6-13(21)7-5-12/h4-7,10-11H,2-3,8-9H2,1H3,(H3,22,23). The fraction of sp³-hybridized carbons (Fsp3) is 0.300. The van der Waals surface area contributed by atoms with Crippen molar-refractivity contribution in [3.63, 3.8) is 0 Å². The lowest BCUT2D eigenvalue weighted by molar-refractivity contribution is 0.522. The van der Waals surface area contributed by atoms with Crippen LogP contribution in [0.15, 0.2) is 39.9 Å². The van der Waals surface area contributed by atoms with Gasteiger partial charge in [0.2, 0.25) is 0 Å². The van der Waals surface area contributed by atoms with Gasteiger partial charge in [-0.25, -0.2) is 4.98 Å². The first-order chi connectivity index (χ1) is 13.0. The number of thiazole rings is 1. The van der Waals surface area contributed by atoms with Crippen molar-refractivity contribution >= 4 is 51.9 Å². The Morgan fingerprint density at radius 3 is 2.59 bits per heavy atom. The number of hydrogen-bond donors (Lipinski definition) is 2. The lowest BCUT2D eigenvalue weighted by Crippen LogP contribution is -2.24. The quantitative estimate of drug-likeness (QED) is 0.278. The predicted octanol–water partition coefficient (Wildman–Crippen LogP) is 6.39. The summed E-state index contributed by atoms with van der Waals surface area (Å²) in [6, 6.07) is 10.3. The van der Waals surface area contributed by atoms with Crippen LogP contribution in [0.25, 0.3) is 10.6 Å². The highest BCUT2D eigenvalue weighted by atomic mass is 35.5. The van der Waals surface area contributed by atoms with Crippen LogP contribution >= 0.6 is 46.0 Å². The van der Waals surface area contributed by atoms with Gasteiger partial charge in [0.15, 0.2) is 0 Å². The van der Waals surface area contributed by atoms with E-state index in [-0.39, 0.29) is 11.3 Å². The predicted molar refractivity (Wildman–Crippen MR) is 119 cm³/mol. The molecule has 0 spiro atoms. The highest BCUT2D eigenvalue weighted by Gasteiger charge is 2.39. The number of nitrogens with one attached hydrogen (secondary N) is 1. The van der Waals surface area contributed by atoms with Crippen LogP contribution in [0.5, 0.6) is 0 Å². The Hall–Kier alpha value is -1.34. The van der Waals surface area contributed by atoms with E-state index >= 15 is 0 Å². The van der Waals surface area contributed by atoms with Crippen LogP contribution in [0.3, 0.4) is 0 Å². The molecule has 1 saturated carbocycles. The van der Waals surface area contributed by atoms with Gasteiger partial charge in [0.05, 0.1) is 14.8 Å². The minimum Gasteiger partial charge on any atom is -0.383 e. The Morgan fingerprint density at radius 1 is 1.26 bits per heavy atom. The minimum atomic E-state index is -0.0156. The van der Waals surface area contributed by atoms with Gasteiger partial charge in [0, 0.05) is 21.4 Å². The number of nitrogens with zero attached hydrogens (tertiary/aromatic N) is 1. The van der Waals surface area contributed by atoms with Crippen molar-refractivity contribution in [3.8, 4) is 10.6 Å². The number of thiophene rings is 1. The maximum Gasteiger partial charge on any atom is 0.133 e. The molecule has 1 aliphatic carbocycles. The van der Waals surface area contributed by atoms with E-state index in [1.165, 1.54) is 18.4 Å². The van der Waals surface area contributed by atoms with Gasteiger partial charge in [-0.05, 0) is 42.9 Å².